The van der Waals surface area contributed by atoms with Crippen molar-refractivity contribution in [3.63, 3.8) is 0 Å². The van der Waals surface area contributed by atoms with Gasteiger partial charge < -0.3 is 5.11 Å². The number of rotatable bonds is 3. The molecule has 2 rings (SSSR count). The average Bonchev–Trinajstić information content (AvgIpc) is 2.32. The summed E-state index contributed by atoms with van der Waals surface area (Å²) in [4.78, 5) is 21.4. The van der Waals surface area contributed by atoms with Gasteiger partial charge in [-0.25, -0.2) is 0 Å². The second-order valence-electron chi connectivity index (χ2n) is 3.69. The number of fused-ring (bicyclic) bond motifs is 1. The summed E-state index contributed by atoms with van der Waals surface area (Å²) in [5.41, 5.74) is 1.13. The van der Waals surface area contributed by atoms with Crippen LogP contribution in [0.1, 0.15) is 15.9 Å². The summed E-state index contributed by atoms with van der Waals surface area (Å²) in [7, 11) is 0. The van der Waals surface area contributed by atoms with Crippen LogP contribution in [0.5, 0.6) is 0 Å². The zero-order chi connectivity index (χ0) is 12.4. The third-order valence-corrected chi connectivity index (χ3v) is 2.92. The van der Waals surface area contributed by atoms with Gasteiger partial charge in [0, 0.05) is 10.6 Å². The smallest absolute Gasteiger partial charge is 0.307 e. The molecular formula is C13H9ClO3. The van der Waals surface area contributed by atoms with E-state index in [2.05, 4.69) is 0 Å². The van der Waals surface area contributed by atoms with Crippen molar-refractivity contribution in [3.05, 3.63) is 46.5 Å². The van der Waals surface area contributed by atoms with Gasteiger partial charge in [-0.05, 0) is 28.5 Å². The molecule has 0 atom stereocenters. The van der Waals surface area contributed by atoms with Gasteiger partial charge in [-0.2, -0.15) is 0 Å². The number of hydrogen-bond donors (Lipinski definition) is 1. The van der Waals surface area contributed by atoms with Gasteiger partial charge in [0.2, 0.25) is 0 Å². The minimum absolute atomic E-state index is 0.128. The number of hydrogen-bond acceptors (Lipinski definition) is 2. The fourth-order valence-corrected chi connectivity index (χ4v) is 2.02. The van der Waals surface area contributed by atoms with Gasteiger partial charge in [0.1, 0.15) is 6.29 Å². The summed E-state index contributed by atoms with van der Waals surface area (Å²) < 4.78 is 0. The number of aliphatic carboxylic acids is 1. The largest absolute Gasteiger partial charge is 0.481 e. The fourth-order valence-electron chi connectivity index (χ4n) is 1.79. The van der Waals surface area contributed by atoms with Crippen molar-refractivity contribution in [2.75, 3.05) is 0 Å². The lowest BCUT2D eigenvalue weighted by Gasteiger charge is -2.07. The molecule has 2 aromatic carbocycles. The third-order valence-electron chi connectivity index (χ3n) is 2.56. The Kier molecular flexibility index (Phi) is 3.11. The Hall–Kier alpha value is -1.87. The van der Waals surface area contributed by atoms with E-state index < -0.39 is 5.97 Å². The Balaban J connectivity index is 2.68. The number of benzene rings is 2. The number of aldehydes is 1. The van der Waals surface area contributed by atoms with E-state index in [1.807, 2.05) is 0 Å². The Labute approximate surface area is 103 Å². The Morgan fingerprint density at radius 1 is 1.29 bits per heavy atom. The van der Waals surface area contributed by atoms with E-state index in [-0.39, 0.29) is 6.42 Å². The monoisotopic (exact) mass is 248 g/mol. The normalized spacial score (nSPS) is 10.4. The van der Waals surface area contributed by atoms with Crippen LogP contribution in [-0.4, -0.2) is 17.4 Å². The van der Waals surface area contributed by atoms with Crippen molar-refractivity contribution in [1.82, 2.24) is 0 Å². The molecule has 0 bridgehead atoms. The lowest BCUT2D eigenvalue weighted by atomic mass is 10.0. The molecule has 2 aromatic rings. The molecule has 0 saturated carbocycles. The molecule has 4 heteroatoms. The molecule has 1 N–H and O–H groups in total. The molecule has 0 spiro atoms. The first-order valence-electron chi connectivity index (χ1n) is 5.00. The summed E-state index contributed by atoms with van der Waals surface area (Å²) in [6.45, 7) is 0. The van der Waals surface area contributed by atoms with E-state index in [1.165, 1.54) is 0 Å². The molecule has 0 amide bonds. The quantitative estimate of drug-likeness (QED) is 0.850. The fraction of sp³-hybridized carbons (Fsp3) is 0.0769. The van der Waals surface area contributed by atoms with E-state index in [9.17, 15) is 9.59 Å². The molecule has 0 radical (unpaired) electrons. The number of carbonyl (C=O) groups is 2. The van der Waals surface area contributed by atoms with Crippen LogP contribution >= 0.6 is 11.6 Å². The summed E-state index contributed by atoms with van der Waals surface area (Å²) in [5.74, 6) is -0.932. The van der Waals surface area contributed by atoms with Crippen LogP contribution in [0.4, 0.5) is 0 Å². The SMILES string of the molecule is O=Cc1ccc2c(CC(=O)O)c(Cl)ccc2c1. The molecule has 3 nitrogen and oxygen atoms in total. The lowest BCUT2D eigenvalue weighted by Crippen LogP contribution is -2.01. The molecule has 0 aliphatic rings. The van der Waals surface area contributed by atoms with Crippen molar-refractivity contribution in [2.24, 2.45) is 0 Å². The number of carboxylic acid groups (broad SMARTS) is 1. The van der Waals surface area contributed by atoms with Crippen LogP contribution in [0.2, 0.25) is 5.02 Å². The van der Waals surface area contributed by atoms with Crippen LogP contribution in [0.15, 0.2) is 30.3 Å². The number of carbonyl (C=O) groups excluding carboxylic acids is 1. The second kappa shape index (κ2) is 4.55. The molecular weight excluding hydrogens is 240 g/mol. The molecule has 0 aliphatic heterocycles. The van der Waals surface area contributed by atoms with Crippen LogP contribution < -0.4 is 0 Å². The standard InChI is InChI=1S/C13H9ClO3/c14-12-4-2-9-5-8(7-15)1-3-10(9)11(12)6-13(16)17/h1-5,7H,6H2,(H,16,17). The predicted molar refractivity (Wildman–Crippen MR) is 65.7 cm³/mol. The highest BCUT2D eigenvalue weighted by Gasteiger charge is 2.10. The first kappa shape index (κ1) is 11.6. The minimum atomic E-state index is -0.932. The molecule has 0 heterocycles. The molecule has 0 fully saturated rings. The zero-order valence-electron chi connectivity index (χ0n) is 8.81. The van der Waals surface area contributed by atoms with E-state index in [0.29, 0.717) is 16.1 Å². The highest BCUT2D eigenvalue weighted by Crippen LogP contribution is 2.27. The molecule has 0 unspecified atom stereocenters. The van der Waals surface area contributed by atoms with Crippen LogP contribution in [-0.2, 0) is 11.2 Å². The third kappa shape index (κ3) is 2.29. The van der Waals surface area contributed by atoms with Gasteiger partial charge in [-0.1, -0.05) is 29.8 Å². The Bertz CT molecular complexity index is 605. The summed E-state index contributed by atoms with van der Waals surface area (Å²) in [5, 5.41) is 10.9. The van der Waals surface area contributed by atoms with Crippen molar-refractivity contribution < 1.29 is 14.7 Å². The summed E-state index contributed by atoms with van der Waals surface area (Å²) in [6, 6.07) is 8.51. The first-order valence-corrected chi connectivity index (χ1v) is 5.37. The van der Waals surface area contributed by atoms with Crippen molar-refractivity contribution in [1.29, 1.82) is 0 Å². The van der Waals surface area contributed by atoms with E-state index >= 15 is 0 Å². The van der Waals surface area contributed by atoms with Gasteiger partial charge in [-0.15, -0.1) is 0 Å². The maximum absolute atomic E-state index is 10.8. The van der Waals surface area contributed by atoms with Gasteiger partial charge in [-0.3, -0.25) is 9.59 Å². The Morgan fingerprint density at radius 3 is 2.71 bits per heavy atom. The average molecular weight is 249 g/mol. The van der Waals surface area contributed by atoms with Crippen LogP contribution in [0.25, 0.3) is 10.8 Å². The van der Waals surface area contributed by atoms with Gasteiger partial charge in [0.05, 0.1) is 6.42 Å². The van der Waals surface area contributed by atoms with Crippen LogP contribution in [0.3, 0.4) is 0 Å². The predicted octanol–water partition coefficient (Wildman–Crippen LogP) is 2.93. The molecule has 0 aromatic heterocycles. The molecule has 86 valence electrons. The van der Waals surface area contributed by atoms with Crippen molar-refractivity contribution >= 4 is 34.6 Å². The van der Waals surface area contributed by atoms with E-state index in [4.69, 9.17) is 16.7 Å². The van der Waals surface area contributed by atoms with E-state index in [1.54, 1.807) is 30.3 Å². The molecule has 0 aliphatic carbocycles. The summed E-state index contributed by atoms with van der Waals surface area (Å²) in [6.07, 6.45) is 0.627. The van der Waals surface area contributed by atoms with E-state index in [0.717, 1.165) is 17.1 Å². The topological polar surface area (TPSA) is 54.4 Å². The summed E-state index contributed by atoms with van der Waals surface area (Å²) >= 11 is 5.99. The highest BCUT2D eigenvalue weighted by atomic mass is 35.5. The number of halogens is 1. The van der Waals surface area contributed by atoms with Gasteiger partial charge in [0.15, 0.2) is 0 Å². The van der Waals surface area contributed by atoms with Gasteiger partial charge in [0.25, 0.3) is 0 Å². The first-order chi connectivity index (χ1) is 8.11. The van der Waals surface area contributed by atoms with Crippen molar-refractivity contribution in [2.45, 2.75) is 6.42 Å². The van der Waals surface area contributed by atoms with Crippen LogP contribution in [0, 0.1) is 0 Å². The maximum atomic E-state index is 10.8. The number of carboxylic acids is 1. The second-order valence-corrected chi connectivity index (χ2v) is 4.10. The molecule has 17 heavy (non-hydrogen) atoms. The van der Waals surface area contributed by atoms with Crippen molar-refractivity contribution in [3.8, 4) is 0 Å². The molecule has 0 saturated heterocycles. The van der Waals surface area contributed by atoms with Gasteiger partial charge >= 0.3 is 5.97 Å². The highest BCUT2D eigenvalue weighted by molar-refractivity contribution is 6.32. The minimum Gasteiger partial charge on any atom is -0.481 e. The Morgan fingerprint density at radius 2 is 2.06 bits per heavy atom. The lowest BCUT2D eigenvalue weighted by molar-refractivity contribution is -0.136. The maximum Gasteiger partial charge on any atom is 0.307 e. The zero-order valence-corrected chi connectivity index (χ0v) is 9.57.